The van der Waals surface area contributed by atoms with Gasteiger partial charge in [-0.15, -0.1) is 0 Å². The molecule has 0 bridgehead atoms. The molecule has 41 heavy (non-hydrogen) atoms. The number of carboxylic acids is 1. The topological polar surface area (TPSA) is 122 Å². The van der Waals surface area contributed by atoms with Crippen molar-refractivity contribution >= 4 is 33.6 Å². The van der Waals surface area contributed by atoms with Crippen LogP contribution in [0.2, 0.25) is 0 Å². The van der Waals surface area contributed by atoms with Gasteiger partial charge in [0.1, 0.15) is 17.5 Å². The number of nitrogens with zero attached hydrogens (tertiary/aromatic N) is 4. The Morgan fingerprint density at radius 1 is 1.02 bits per heavy atom. The Labute approximate surface area is 232 Å². The quantitative estimate of drug-likeness (QED) is 0.247. The minimum absolute atomic E-state index is 0.0112. The fourth-order valence-electron chi connectivity index (χ4n) is 5.05. The first-order chi connectivity index (χ1) is 19.7. The van der Waals surface area contributed by atoms with Crippen molar-refractivity contribution in [1.29, 1.82) is 0 Å². The number of H-pyrrole nitrogens is 1. The maximum atomic E-state index is 13.7. The SMILES string of the molecule is C[C@@]1(c2nc3ccc(F)cc3[nH]2)CC(c2ccc3c(=O)n(-c4ccc(F)cc4)c(CCCCC(=O)O)nc3c2)=NO1. The summed E-state index contributed by atoms with van der Waals surface area (Å²) in [6.07, 6.45) is 1.67. The molecule has 9 nitrogen and oxygen atoms in total. The molecule has 1 atom stereocenters. The first kappa shape index (κ1) is 26.3. The summed E-state index contributed by atoms with van der Waals surface area (Å²) in [5.41, 5.74) is 2.22. The number of imidazole rings is 1. The van der Waals surface area contributed by atoms with Gasteiger partial charge in [0, 0.05) is 24.8 Å². The predicted octanol–water partition coefficient (Wildman–Crippen LogP) is 5.38. The number of aryl methyl sites for hydroxylation is 1. The van der Waals surface area contributed by atoms with Crippen molar-refractivity contribution in [2.45, 2.75) is 44.6 Å². The molecule has 2 aromatic heterocycles. The van der Waals surface area contributed by atoms with E-state index in [1.165, 1.54) is 41.0 Å². The molecule has 0 saturated carbocycles. The van der Waals surface area contributed by atoms with Crippen molar-refractivity contribution in [3.8, 4) is 5.69 Å². The van der Waals surface area contributed by atoms with Gasteiger partial charge in [0.2, 0.25) is 0 Å². The number of aliphatic carboxylic acids is 1. The van der Waals surface area contributed by atoms with Gasteiger partial charge in [0.25, 0.3) is 5.56 Å². The Morgan fingerprint density at radius 3 is 2.59 bits per heavy atom. The third kappa shape index (κ3) is 5.06. The Balaban J connectivity index is 1.34. The lowest BCUT2D eigenvalue weighted by Crippen LogP contribution is -2.25. The molecular formula is C30H25F2N5O4. The molecule has 208 valence electrons. The largest absolute Gasteiger partial charge is 0.481 e. The zero-order valence-corrected chi connectivity index (χ0v) is 22.0. The van der Waals surface area contributed by atoms with E-state index < -0.39 is 17.4 Å². The van der Waals surface area contributed by atoms with Crippen LogP contribution in [-0.2, 0) is 21.7 Å². The van der Waals surface area contributed by atoms with Crippen LogP contribution in [-0.4, -0.2) is 36.3 Å². The zero-order valence-electron chi connectivity index (χ0n) is 22.0. The summed E-state index contributed by atoms with van der Waals surface area (Å²) in [7, 11) is 0. The first-order valence-electron chi connectivity index (χ1n) is 13.1. The highest BCUT2D eigenvalue weighted by Crippen LogP contribution is 2.36. The molecule has 1 aliphatic rings. The van der Waals surface area contributed by atoms with E-state index in [1.807, 2.05) is 6.92 Å². The molecule has 3 heterocycles. The number of oxime groups is 1. The van der Waals surface area contributed by atoms with E-state index in [4.69, 9.17) is 14.9 Å². The Bertz CT molecular complexity index is 1900. The molecule has 6 rings (SSSR count). The van der Waals surface area contributed by atoms with Crippen LogP contribution in [0.5, 0.6) is 0 Å². The van der Waals surface area contributed by atoms with Crippen molar-refractivity contribution < 1.29 is 23.5 Å². The van der Waals surface area contributed by atoms with E-state index in [0.29, 0.717) is 76.2 Å². The van der Waals surface area contributed by atoms with E-state index in [0.717, 1.165) is 0 Å². The van der Waals surface area contributed by atoms with Crippen LogP contribution in [0.1, 0.15) is 49.8 Å². The monoisotopic (exact) mass is 557 g/mol. The number of unbranched alkanes of at least 4 members (excludes halogenated alkanes) is 1. The Hall–Kier alpha value is -4.93. The lowest BCUT2D eigenvalue weighted by atomic mass is 9.95. The molecule has 0 unspecified atom stereocenters. The lowest BCUT2D eigenvalue weighted by molar-refractivity contribution is -0.137. The second-order valence-corrected chi connectivity index (χ2v) is 10.3. The van der Waals surface area contributed by atoms with E-state index in [1.54, 1.807) is 24.3 Å². The fraction of sp³-hybridized carbons (Fsp3) is 0.233. The molecule has 0 saturated heterocycles. The summed E-state index contributed by atoms with van der Waals surface area (Å²) in [6, 6.07) is 15.1. The van der Waals surface area contributed by atoms with Gasteiger partial charge in [-0.25, -0.2) is 18.7 Å². The van der Waals surface area contributed by atoms with E-state index in [9.17, 15) is 18.4 Å². The van der Waals surface area contributed by atoms with Gasteiger partial charge >= 0.3 is 5.97 Å². The van der Waals surface area contributed by atoms with Crippen LogP contribution in [0.25, 0.3) is 27.6 Å². The number of halogens is 2. The molecule has 2 N–H and O–H groups in total. The number of benzene rings is 3. The number of aromatic amines is 1. The zero-order chi connectivity index (χ0) is 28.7. The lowest BCUT2D eigenvalue weighted by Gasteiger charge is -2.18. The maximum absolute atomic E-state index is 13.7. The first-order valence-corrected chi connectivity index (χ1v) is 13.1. The molecule has 1 aliphatic heterocycles. The fourth-order valence-corrected chi connectivity index (χ4v) is 5.05. The molecule has 3 aromatic carbocycles. The number of aromatic nitrogens is 4. The predicted molar refractivity (Wildman–Crippen MR) is 148 cm³/mol. The molecule has 0 aliphatic carbocycles. The van der Waals surface area contributed by atoms with Crippen molar-refractivity contribution in [2.75, 3.05) is 0 Å². The number of hydrogen-bond acceptors (Lipinski definition) is 6. The molecule has 5 aromatic rings. The van der Waals surface area contributed by atoms with E-state index in [-0.39, 0.29) is 17.8 Å². The van der Waals surface area contributed by atoms with Crippen LogP contribution in [0.3, 0.4) is 0 Å². The van der Waals surface area contributed by atoms with Gasteiger partial charge in [-0.2, -0.15) is 0 Å². The van der Waals surface area contributed by atoms with Crippen LogP contribution in [0.15, 0.2) is 70.6 Å². The van der Waals surface area contributed by atoms with Crippen LogP contribution in [0, 0.1) is 11.6 Å². The molecule has 0 spiro atoms. The normalized spacial score (nSPS) is 16.7. The van der Waals surface area contributed by atoms with Gasteiger partial charge in [0.05, 0.1) is 33.3 Å². The number of fused-ring (bicyclic) bond motifs is 2. The van der Waals surface area contributed by atoms with Gasteiger partial charge in [-0.1, -0.05) is 11.2 Å². The highest BCUT2D eigenvalue weighted by Gasteiger charge is 2.39. The second-order valence-electron chi connectivity index (χ2n) is 10.3. The van der Waals surface area contributed by atoms with Crippen LogP contribution in [0.4, 0.5) is 8.78 Å². The number of nitrogens with one attached hydrogen (secondary N) is 1. The molecule has 0 amide bonds. The standard InChI is InChI=1S/C30H25F2N5O4/c1-30(29-34-22-13-9-19(32)15-24(22)35-29)16-25(36-41-30)17-6-12-21-23(14-17)33-26(4-2-3-5-27(38)39)37(28(21)40)20-10-7-18(31)8-11-20/h6-15H,2-5,16H2,1H3,(H,34,35)(H,38,39)/t30-/m0/s1. The van der Waals surface area contributed by atoms with Crippen LogP contribution >= 0.6 is 0 Å². The smallest absolute Gasteiger partial charge is 0.303 e. The van der Waals surface area contributed by atoms with Gasteiger partial charge in [0.15, 0.2) is 11.4 Å². The minimum Gasteiger partial charge on any atom is -0.481 e. The summed E-state index contributed by atoms with van der Waals surface area (Å²) in [5, 5.41) is 13.7. The number of carbonyl (C=O) groups is 1. The second kappa shape index (κ2) is 10.2. The third-order valence-corrected chi connectivity index (χ3v) is 7.20. The summed E-state index contributed by atoms with van der Waals surface area (Å²) < 4.78 is 28.7. The van der Waals surface area contributed by atoms with Gasteiger partial charge < -0.3 is 14.9 Å². The number of rotatable bonds is 8. The van der Waals surface area contributed by atoms with Crippen molar-refractivity contribution in [2.24, 2.45) is 5.16 Å². The molecule has 11 heteroatoms. The number of hydrogen-bond donors (Lipinski definition) is 2. The average Bonchev–Trinajstić information content (AvgIpc) is 3.56. The summed E-state index contributed by atoms with van der Waals surface area (Å²) in [5.74, 6) is -0.726. The van der Waals surface area contributed by atoms with Crippen molar-refractivity contribution in [1.82, 2.24) is 19.5 Å². The average molecular weight is 558 g/mol. The van der Waals surface area contributed by atoms with E-state index >= 15 is 0 Å². The van der Waals surface area contributed by atoms with Gasteiger partial charge in [-0.3, -0.25) is 14.2 Å². The highest BCUT2D eigenvalue weighted by atomic mass is 19.1. The Kier molecular flexibility index (Phi) is 6.56. The minimum atomic E-state index is -0.908. The van der Waals surface area contributed by atoms with Crippen molar-refractivity contribution in [3.63, 3.8) is 0 Å². The number of carboxylic acid groups (broad SMARTS) is 1. The summed E-state index contributed by atoms with van der Waals surface area (Å²) >= 11 is 0. The maximum Gasteiger partial charge on any atom is 0.303 e. The van der Waals surface area contributed by atoms with Gasteiger partial charge in [-0.05, 0) is 74.4 Å². The molecular weight excluding hydrogens is 532 g/mol. The molecule has 0 fully saturated rings. The Morgan fingerprint density at radius 2 is 1.80 bits per heavy atom. The van der Waals surface area contributed by atoms with Crippen LogP contribution < -0.4 is 5.56 Å². The summed E-state index contributed by atoms with van der Waals surface area (Å²) in [4.78, 5) is 42.9. The molecule has 0 radical (unpaired) electrons. The van der Waals surface area contributed by atoms with E-state index in [2.05, 4.69) is 15.1 Å². The van der Waals surface area contributed by atoms with Crippen molar-refractivity contribution in [3.05, 3.63) is 99.9 Å². The summed E-state index contributed by atoms with van der Waals surface area (Å²) in [6.45, 7) is 1.84. The highest BCUT2D eigenvalue weighted by molar-refractivity contribution is 6.04. The third-order valence-electron chi connectivity index (χ3n) is 7.20.